The van der Waals surface area contributed by atoms with E-state index in [-0.39, 0.29) is 12.1 Å². The van der Waals surface area contributed by atoms with Crippen LogP contribution in [0.1, 0.15) is 37.5 Å². The third-order valence-electron chi connectivity index (χ3n) is 5.07. The first-order valence-electron chi connectivity index (χ1n) is 9.65. The van der Waals surface area contributed by atoms with Gasteiger partial charge in [-0.05, 0) is 36.2 Å². The van der Waals surface area contributed by atoms with Crippen LogP contribution in [0.3, 0.4) is 0 Å². The molecule has 3 aromatic carbocycles. The van der Waals surface area contributed by atoms with Crippen molar-refractivity contribution >= 4 is 22.6 Å². The van der Waals surface area contributed by atoms with Crippen molar-refractivity contribution in [2.75, 3.05) is 0 Å². The highest BCUT2D eigenvalue weighted by Gasteiger charge is 2.40. The lowest BCUT2D eigenvalue weighted by Gasteiger charge is -2.20. The first-order chi connectivity index (χ1) is 13.7. The van der Waals surface area contributed by atoms with Crippen molar-refractivity contribution in [2.24, 2.45) is 4.99 Å². The molecule has 0 amide bonds. The lowest BCUT2D eigenvalue weighted by molar-refractivity contribution is -0.151. The lowest BCUT2D eigenvalue weighted by Crippen LogP contribution is -2.29. The van der Waals surface area contributed by atoms with Crippen molar-refractivity contribution in [1.29, 1.82) is 0 Å². The minimum absolute atomic E-state index is 0.156. The number of carbonyl (C=O) groups excluding carboxylic acids is 1. The fraction of sp³-hybridized carbons (Fsp3) is 0.250. The van der Waals surface area contributed by atoms with Gasteiger partial charge in [0.2, 0.25) is 5.90 Å². The van der Waals surface area contributed by atoms with E-state index in [1.807, 2.05) is 74.5 Å². The molecule has 1 aliphatic rings. The molecule has 0 aromatic heterocycles. The summed E-state index contributed by atoms with van der Waals surface area (Å²) >= 11 is 0. The van der Waals surface area contributed by atoms with Crippen LogP contribution < -0.4 is 0 Å². The van der Waals surface area contributed by atoms with Crippen LogP contribution in [0.2, 0.25) is 0 Å². The summed E-state index contributed by atoms with van der Waals surface area (Å²) in [6.07, 6.45) is 0.0857. The van der Waals surface area contributed by atoms with Crippen LogP contribution in [0, 0.1) is 0 Å². The molecule has 0 bridgehead atoms. The van der Waals surface area contributed by atoms with Gasteiger partial charge in [-0.15, -0.1) is 0 Å². The van der Waals surface area contributed by atoms with Crippen LogP contribution >= 0.6 is 0 Å². The van der Waals surface area contributed by atoms with E-state index < -0.39 is 12.1 Å². The molecule has 0 saturated carbocycles. The number of esters is 1. The fourth-order valence-electron chi connectivity index (χ4n) is 3.39. The smallest absolute Gasteiger partial charge is 0.335 e. The van der Waals surface area contributed by atoms with Crippen LogP contribution in [0.4, 0.5) is 0 Å². The number of hydrogen-bond donors (Lipinski definition) is 0. The molecule has 1 aliphatic heterocycles. The average molecular weight is 373 g/mol. The maximum atomic E-state index is 12.9. The predicted octanol–water partition coefficient (Wildman–Crippen LogP) is 5.07. The lowest BCUT2D eigenvalue weighted by atomic mass is 9.96. The largest absolute Gasteiger partial charge is 0.466 e. The molecule has 3 atom stereocenters. The zero-order valence-electron chi connectivity index (χ0n) is 16.0. The molecule has 0 radical (unpaired) electrons. The van der Waals surface area contributed by atoms with Gasteiger partial charge >= 0.3 is 5.97 Å². The van der Waals surface area contributed by atoms with E-state index in [9.17, 15) is 4.79 Å². The molecule has 4 nitrogen and oxygen atoms in total. The molecule has 4 rings (SSSR count). The van der Waals surface area contributed by atoms with E-state index in [2.05, 4.69) is 17.1 Å². The Morgan fingerprint density at radius 1 is 1.04 bits per heavy atom. The molecule has 0 spiro atoms. The van der Waals surface area contributed by atoms with E-state index in [1.165, 1.54) is 0 Å². The van der Waals surface area contributed by atoms with E-state index in [4.69, 9.17) is 9.47 Å². The molecule has 0 fully saturated rings. The average Bonchev–Trinajstić information content (AvgIpc) is 3.19. The van der Waals surface area contributed by atoms with Gasteiger partial charge in [-0.3, -0.25) is 0 Å². The van der Waals surface area contributed by atoms with Gasteiger partial charge in [-0.1, -0.05) is 67.6 Å². The normalized spacial score (nSPS) is 19.7. The number of rotatable bonds is 5. The van der Waals surface area contributed by atoms with Gasteiger partial charge in [0.1, 0.15) is 0 Å². The van der Waals surface area contributed by atoms with Crippen molar-refractivity contribution in [3.8, 4) is 0 Å². The third-order valence-corrected chi connectivity index (χ3v) is 5.07. The molecular formula is C24H23NO3. The molecule has 4 heteroatoms. The molecule has 1 unspecified atom stereocenters. The van der Waals surface area contributed by atoms with E-state index in [0.29, 0.717) is 5.90 Å². The molecule has 142 valence electrons. The minimum atomic E-state index is -0.727. The summed E-state index contributed by atoms with van der Waals surface area (Å²) < 4.78 is 11.8. The Kier molecular flexibility index (Phi) is 5.11. The van der Waals surface area contributed by atoms with Crippen molar-refractivity contribution in [2.45, 2.75) is 38.5 Å². The predicted molar refractivity (Wildman–Crippen MR) is 110 cm³/mol. The highest BCUT2D eigenvalue weighted by atomic mass is 16.6. The first-order valence-corrected chi connectivity index (χ1v) is 9.65. The fourth-order valence-corrected chi connectivity index (χ4v) is 3.39. The Hall–Kier alpha value is -3.14. The van der Waals surface area contributed by atoms with Crippen LogP contribution in [-0.2, 0) is 14.3 Å². The van der Waals surface area contributed by atoms with Gasteiger partial charge in [-0.2, -0.15) is 0 Å². The summed E-state index contributed by atoms with van der Waals surface area (Å²) in [5, 5.41) is 2.16. The summed E-state index contributed by atoms with van der Waals surface area (Å²) in [7, 11) is 0. The Balaban J connectivity index is 1.75. The molecule has 0 N–H and O–H groups in total. The first kappa shape index (κ1) is 18.2. The number of carbonyl (C=O) groups is 1. The SMILES string of the molecule is CCC(C)OC(=O)[C@H]1N=C(c2ccccc2)O[C@H]1c1cccc2ccccc12. The zero-order chi connectivity index (χ0) is 19.5. The highest BCUT2D eigenvalue weighted by Crippen LogP contribution is 2.36. The maximum Gasteiger partial charge on any atom is 0.335 e. The summed E-state index contributed by atoms with van der Waals surface area (Å²) in [6.45, 7) is 3.88. The van der Waals surface area contributed by atoms with Crippen molar-refractivity contribution in [3.63, 3.8) is 0 Å². The molecule has 28 heavy (non-hydrogen) atoms. The number of aliphatic imine (C=N–C) groups is 1. The van der Waals surface area contributed by atoms with Gasteiger partial charge in [0.15, 0.2) is 12.1 Å². The number of hydrogen-bond acceptors (Lipinski definition) is 4. The maximum absolute atomic E-state index is 12.9. The van der Waals surface area contributed by atoms with Gasteiger partial charge in [-0.25, -0.2) is 9.79 Å². The third kappa shape index (κ3) is 3.50. The molecule has 1 heterocycles. The van der Waals surface area contributed by atoms with Crippen LogP contribution in [0.15, 0.2) is 77.8 Å². The topological polar surface area (TPSA) is 47.9 Å². The number of benzene rings is 3. The molecule has 0 aliphatic carbocycles. The second-order valence-electron chi connectivity index (χ2n) is 7.01. The summed E-state index contributed by atoms with van der Waals surface area (Å²) in [6, 6.07) is 23.1. The highest BCUT2D eigenvalue weighted by molar-refractivity contribution is 5.99. The van der Waals surface area contributed by atoms with Crippen LogP contribution in [-0.4, -0.2) is 24.0 Å². The van der Waals surface area contributed by atoms with Crippen LogP contribution in [0.25, 0.3) is 10.8 Å². The summed E-state index contributed by atoms with van der Waals surface area (Å²) in [5.74, 6) is 0.128. The molecular weight excluding hydrogens is 350 g/mol. The van der Waals surface area contributed by atoms with E-state index >= 15 is 0 Å². The summed E-state index contributed by atoms with van der Waals surface area (Å²) in [5.41, 5.74) is 1.80. The Labute approximate surface area is 164 Å². The summed E-state index contributed by atoms with van der Waals surface area (Å²) in [4.78, 5) is 17.5. The zero-order valence-corrected chi connectivity index (χ0v) is 16.0. The van der Waals surface area contributed by atoms with Crippen molar-refractivity contribution in [1.82, 2.24) is 0 Å². The van der Waals surface area contributed by atoms with Gasteiger partial charge in [0, 0.05) is 11.1 Å². The monoisotopic (exact) mass is 373 g/mol. The number of ether oxygens (including phenoxy) is 2. The Morgan fingerprint density at radius 2 is 1.75 bits per heavy atom. The van der Waals surface area contributed by atoms with Gasteiger partial charge < -0.3 is 9.47 Å². The second kappa shape index (κ2) is 7.85. The number of nitrogens with zero attached hydrogens (tertiary/aromatic N) is 1. The quantitative estimate of drug-likeness (QED) is 0.587. The van der Waals surface area contributed by atoms with Gasteiger partial charge in [0.25, 0.3) is 0 Å². The van der Waals surface area contributed by atoms with Crippen molar-refractivity contribution in [3.05, 3.63) is 83.9 Å². The number of fused-ring (bicyclic) bond motifs is 1. The second-order valence-corrected chi connectivity index (χ2v) is 7.01. The minimum Gasteiger partial charge on any atom is -0.466 e. The Bertz CT molecular complexity index is 1010. The van der Waals surface area contributed by atoms with E-state index in [0.717, 1.165) is 28.3 Å². The molecule has 3 aromatic rings. The standard InChI is InChI=1S/C24H23NO3/c1-3-16(2)27-24(26)21-22(28-23(25-21)18-11-5-4-6-12-18)20-15-9-13-17-10-7-8-14-19(17)20/h4-16,21-22H,3H2,1-2H3/t16?,21-,22-/m0/s1. The Morgan fingerprint density at radius 3 is 2.54 bits per heavy atom. The van der Waals surface area contributed by atoms with Crippen molar-refractivity contribution < 1.29 is 14.3 Å². The van der Waals surface area contributed by atoms with Gasteiger partial charge in [0.05, 0.1) is 6.10 Å². The molecule has 0 saturated heterocycles. The van der Waals surface area contributed by atoms with Crippen LogP contribution in [0.5, 0.6) is 0 Å². The van der Waals surface area contributed by atoms with E-state index in [1.54, 1.807) is 0 Å².